The average Bonchev–Trinajstić information content (AvgIpc) is 2.61. The first-order chi connectivity index (χ1) is 12.9. The van der Waals surface area contributed by atoms with Gasteiger partial charge in [-0.05, 0) is 6.92 Å². The van der Waals surface area contributed by atoms with E-state index < -0.39 is 72.9 Å². The minimum Gasteiger partial charge on any atom is -0.480 e. The van der Waals surface area contributed by atoms with Gasteiger partial charge in [0, 0.05) is 5.75 Å². The molecule has 0 spiro atoms. The van der Waals surface area contributed by atoms with E-state index in [9.17, 15) is 29.1 Å². The van der Waals surface area contributed by atoms with Crippen molar-refractivity contribution in [1.29, 1.82) is 0 Å². The van der Waals surface area contributed by atoms with Gasteiger partial charge in [0.2, 0.25) is 23.6 Å². The van der Waals surface area contributed by atoms with E-state index in [1.807, 2.05) is 5.32 Å². The smallest absolute Gasteiger partial charge is 0.328 e. The average molecular weight is 423 g/mol. The molecule has 4 amide bonds. The van der Waals surface area contributed by atoms with Crippen LogP contribution in [0.1, 0.15) is 13.3 Å². The number of carboxylic acid groups (broad SMARTS) is 1. The lowest BCUT2D eigenvalue weighted by Crippen LogP contribution is -2.60. The number of thiol groups is 1. The normalized spacial score (nSPS) is 16.0. The van der Waals surface area contributed by atoms with Crippen LogP contribution < -0.4 is 27.4 Å². The number of aliphatic carboxylic acids is 1. The van der Waals surface area contributed by atoms with Crippen LogP contribution in [-0.4, -0.2) is 87.5 Å². The topological polar surface area (TPSA) is 234 Å². The number of carbonyl (C=O) groups excluding carboxylic acids is 4. The van der Waals surface area contributed by atoms with Crippen molar-refractivity contribution in [2.45, 2.75) is 43.6 Å². The summed E-state index contributed by atoms with van der Waals surface area (Å²) in [4.78, 5) is 58.4. The Hall–Kier alpha value is -2.42. The quantitative estimate of drug-likeness (QED) is 0.136. The van der Waals surface area contributed by atoms with Crippen LogP contribution in [0.4, 0.5) is 0 Å². The molecule has 13 nitrogen and oxygen atoms in total. The number of rotatable bonds is 12. The standard InChI is InChI=1S/C14H25N5O8S/c1-5(21)10(19-11(23)6(15)4-28)13(25)17-7(2-9(16)22)12(24)18-8(3-20)14(26)27/h5-8,10,20-21,28H,2-4,15H2,1H3,(H2,16,22)(H,17,25)(H,18,24)(H,19,23)(H,26,27). The van der Waals surface area contributed by atoms with E-state index in [0.717, 1.165) is 0 Å². The highest BCUT2D eigenvalue weighted by atomic mass is 32.1. The van der Waals surface area contributed by atoms with Gasteiger partial charge < -0.3 is 42.7 Å². The molecule has 0 saturated carbocycles. The molecule has 28 heavy (non-hydrogen) atoms. The summed E-state index contributed by atoms with van der Waals surface area (Å²) >= 11 is 3.84. The Morgan fingerprint density at radius 1 is 1.00 bits per heavy atom. The highest BCUT2D eigenvalue weighted by molar-refractivity contribution is 7.80. The van der Waals surface area contributed by atoms with Gasteiger partial charge in [-0.1, -0.05) is 0 Å². The number of aliphatic hydroxyl groups excluding tert-OH is 2. The molecule has 0 aromatic heterocycles. The number of hydrogen-bond acceptors (Lipinski definition) is 9. The second kappa shape index (κ2) is 12.1. The molecule has 160 valence electrons. The third-order valence-corrected chi connectivity index (χ3v) is 3.82. The Kier molecular flexibility index (Phi) is 11.1. The first-order valence-corrected chi connectivity index (χ1v) is 8.65. The Morgan fingerprint density at radius 2 is 1.54 bits per heavy atom. The van der Waals surface area contributed by atoms with Crippen LogP contribution in [0.15, 0.2) is 0 Å². The molecule has 0 saturated heterocycles. The predicted octanol–water partition coefficient (Wildman–Crippen LogP) is -4.97. The lowest BCUT2D eigenvalue weighted by atomic mass is 10.1. The van der Waals surface area contributed by atoms with Crippen molar-refractivity contribution in [3.63, 3.8) is 0 Å². The van der Waals surface area contributed by atoms with Crippen molar-refractivity contribution in [2.75, 3.05) is 12.4 Å². The van der Waals surface area contributed by atoms with E-state index >= 15 is 0 Å². The SMILES string of the molecule is CC(O)C(NC(=O)C(N)CS)C(=O)NC(CC(N)=O)C(=O)NC(CO)C(=O)O. The number of primary amides is 1. The van der Waals surface area contributed by atoms with Crippen LogP contribution >= 0.6 is 12.6 Å². The van der Waals surface area contributed by atoms with Crippen molar-refractivity contribution in [1.82, 2.24) is 16.0 Å². The molecule has 10 N–H and O–H groups in total. The Labute approximate surface area is 165 Å². The Bertz CT molecular complexity index is 602. The number of nitrogens with two attached hydrogens (primary N) is 2. The molecular weight excluding hydrogens is 398 g/mol. The Morgan fingerprint density at radius 3 is 1.93 bits per heavy atom. The van der Waals surface area contributed by atoms with Crippen LogP contribution in [0, 0.1) is 0 Å². The predicted molar refractivity (Wildman–Crippen MR) is 97.8 cm³/mol. The fraction of sp³-hybridized carbons (Fsp3) is 0.643. The first kappa shape index (κ1) is 25.6. The maximum absolute atomic E-state index is 12.4. The van der Waals surface area contributed by atoms with Gasteiger partial charge in [0.25, 0.3) is 0 Å². The molecule has 5 unspecified atom stereocenters. The summed E-state index contributed by atoms with van der Waals surface area (Å²) in [7, 11) is 0. The summed E-state index contributed by atoms with van der Waals surface area (Å²) in [5.41, 5.74) is 10.5. The van der Waals surface area contributed by atoms with Crippen LogP contribution in [0.5, 0.6) is 0 Å². The zero-order valence-electron chi connectivity index (χ0n) is 15.0. The minimum atomic E-state index is -1.68. The van der Waals surface area contributed by atoms with Gasteiger partial charge in [0.05, 0.1) is 25.2 Å². The van der Waals surface area contributed by atoms with Gasteiger partial charge in [-0.2, -0.15) is 12.6 Å². The molecule has 0 aliphatic rings. The molecule has 0 aliphatic heterocycles. The molecule has 0 aromatic carbocycles. The molecular formula is C14H25N5O8S. The van der Waals surface area contributed by atoms with Gasteiger partial charge in [-0.25, -0.2) is 4.79 Å². The third-order valence-electron chi connectivity index (χ3n) is 3.43. The molecule has 0 fully saturated rings. The molecule has 14 heteroatoms. The molecule has 0 aromatic rings. The van der Waals surface area contributed by atoms with Gasteiger partial charge in [-0.15, -0.1) is 0 Å². The number of amides is 4. The van der Waals surface area contributed by atoms with E-state index in [1.54, 1.807) is 0 Å². The van der Waals surface area contributed by atoms with E-state index in [0.29, 0.717) is 0 Å². The van der Waals surface area contributed by atoms with Crippen molar-refractivity contribution < 1.29 is 39.3 Å². The second-order valence-corrected chi connectivity index (χ2v) is 6.19. The van der Waals surface area contributed by atoms with E-state index in [1.165, 1.54) is 6.92 Å². The van der Waals surface area contributed by atoms with Crippen LogP contribution in [0.2, 0.25) is 0 Å². The van der Waals surface area contributed by atoms with Crippen molar-refractivity contribution >= 4 is 42.2 Å². The summed E-state index contributed by atoms with van der Waals surface area (Å²) in [5, 5.41) is 33.7. The highest BCUT2D eigenvalue weighted by Crippen LogP contribution is 2.00. The first-order valence-electron chi connectivity index (χ1n) is 8.02. The Balaban J connectivity index is 5.34. The van der Waals surface area contributed by atoms with Gasteiger partial charge >= 0.3 is 5.97 Å². The van der Waals surface area contributed by atoms with E-state index in [2.05, 4.69) is 23.3 Å². The van der Waals surface area contributed by atoms with Crippen LogP contribution in [-0.2, 0) is 24.0 Å². The van der Waals surface area contributed by atoms with Crippen molar-refractivity contribution in [2.24, 2.45) is 11.5 Å². The summed E-state index contributed by atoms with van der Waals surface area (Å²) in [5.74, 6) is -5.54. The largest absolute Gasteiger partial charge is 0.480 e. The molecule has 0 heterocycles. The summed E-state index contributed by atoms with van der Waals surface area (Å²) in [6.45, 7) is 0.248. The molecule has 0 radical (unpaired) electrons. The van der Waals surface area contributed by atoms with Crippen molar-refractivity contribution in [3.05, 3.63) is 0 Å². The second-order valence-electron chi connectivity index (χ2n) is 5.83. The number of hydrogen-bond donors (Lipinski definition) is 9. The maximum Gasteiger partial charge on any atom is 0.328 e. The zero-order chi connectivity index (χ0) is 22.0. The van der Waals surface area contributed by atoms with Gasteiger partial charge in [0.15, 0.2) is 0 Å². The highest BCUT2D eigenvalue weighted by Gasteiger charge is 2.32. The summed E-state index contributed by atoms with van der Waals surface area (Å²) in [6, 6.07) is -5.90. The van der Waals surface area contributed by atoms with Crippen molar-refractivity contribution in [3.8, 4) is 0 Å². The summed E-state index contributed by atoms with van der Waals surface area (Å²) < 4.78 is 0. The van der Waals surface area contributed by atoms with E-state index in [4.69, 9.17) is 21.7 Å². The fourth-order valence-corrected chi connectivity index (χ4v) is 2.04. The zero-order valence-corrected chi connectivity index (χ0v) is 15.9. The van der Waals surface area contributed by atoms with Gasteiger partial charge in [0.1, 0.15) is 18.1 Å². The number of aliphatic hydroxyl groups is 2. The fourth-order valence-electron chi connectivity index (χ4n) is 1.88. The lowest BCUT2D eigenvalue weighted by Gasteiger charge is -2.25. The number of carbonyl (C=O) groups is 5. The molecule has 5 atom stereocenters. The van der Waals surface area contributed by atoms with E-state index in [-0.39, 0.29) is 5.75 Å². The minimum absolute atomic E-state index is 0.0373. The van der Waals surface area contributed by atoms with Crippen LogP contribution in [0.3, 0.4) is 0 Å². The third kappa shape index (κ3) is 8.51. The van der Waals surface area contributed by atoms with Crippen LogP contribution in [0.25, 0.3) is 0 Å². The number of nitrogens with one attached hydrogen (secondary N) is 3. The molecule has 0 aliphatic carbocycles. The maximum atomic E-state index is 12.4. The molecule has 0 bridgehead atoms. The monoisotopic (exact) mass is 423 g/mol. The lowest BCUT2D eigenvalue weighted by molar-refractivity contribution is -0.143. The summed E-state index contributed by atoms with van der Waals surface area (Å²) in [6.07, 6.45) is -2.11. The number of carboxylic acids is 1. The molecule has 0 rings (SSSR count). The van der Waals surface area contributed by atoms with Gasteiger partial charge in [-0.3, -0.25) is 19.2 Å².